The molecule has 1 aromatic rings. The fourth-order valence-corrected chi connectivity index (χ4v) is 2.40. The van der Waals surface area contributed by atoms with Crippen LogP contribution in [0.1, 0.15) is 29.9 Å². The summed E-state index contributed by atoms with van der Waals surface area (Å²) >= 11 is 0. The molecule has 2 N–H and O–H groups in total. The van der Waals surface area contributed by atoms with Crippen LogP contribution in [-0.2, 0) is 6.42 Å². The normalized spacial score (nSPS) is 19.4. The molecule has 2 rings (SSSR count). The van der Waals surface area contributed by atoms with Gasteiger partial charge in [-0.2, -0.15) is 0 Å². The zero-order valence-electron chi connectivity index (χ0n) is 8.62. The van der Waals surface area contributed by atoms with E-state index in [1.165, 1.54) is 17.5 Å². The highest BCUT2D eigenvalue weighted by Crippen LogP contribution is 2.39. The van der Waals surface area contributed by atoms with E-state index >= 15 is 0 Å². The van der Waals surface area contributed by atoms with Crippen LogP contribution in [-0.4, -0.2) is 13.7 Å². The first-order valence-corrected chi connectivity index (χ1v) is 5.22. The van der Waals surface area contributed by atoms with E-state index in [0.29, 0.717) is 5.92 Å². The molecule has 0 fully saturated rings. The van der Waals surface area contributed by atoms with Crippen molar-refractivity contribution >= 4 is 0 Å². The summed E-state index contributed by atoms with van der Waals surface area (Å²) in [5.74, 6) is 1.70. The van der Waals surface area contributed by atoms with Crippen LogP contribution in [0.15, 0.2) is 18.2 Å². The maximum Gasteiger partial charge on any atom is 0.122 e. The van der Waals surface area contributed by atoms with Gasteiger partial charge in [0.1, 0.15) is 5.75 Å². The van der Waals surface area contributed by atoms with E-state index in [4.69, 9.17) is 10.5 Å². The Morgan fingerprint density at radius 2 is 2.36 bits per heavy atom. The Labute approximate surface area is 85.1 Å². The Hall–Kier alpha value is -1.02. The molecular weight excluding hydrogens is 174 g/mol. The first kappa shape index (κ1) is 9.53. The van der Waals surface area contributed by atoms with Gasteiger partial charge in [-0.25, -0.2) is 0 Å². The maximum absolute atomic E-state index is 5.60. The van der Waals surface area contributed by atoms with E-state index in [-0.39, 0.29) is 0 Å². The molecule has 2 heteroatoms. The number of fused-ring (bicyclic) bond motifs is 1. The van der Waals surface area contributed by atoms with Crippen molar-refractivity contribution in [2.24, 2.45) is 5.73 Å². The van der Waals surface area contributed by atoms with Crippen molar-refractivity contribution in [3.8, 4) is 5.75 Å². The van der Waals surface area contributed by atoms with Crippen LogP contribution < -0.4 is 10.5 Å². The van der Waals surface area contributed by atoms with E-state index in [0.717, 1.165) is 25.1 Å². The lowest BCUT2D eigenvalue weighted by molar-refractivity contribution is 0.410. The largest absolute Gasteiger partial charge is 0.496 e. The molecule has 76 valence electrons. The standard InChI is InChI=1S/C12H17NO/c1-14-12-4-2-3-10-9(7-8-13)5-6-11(10)12/h2-4,9H,5-8,13H2,1H3. The van der Waals surface area contributed by atoms with Gasteiger partial charge in [0.15, 0.2) is 0 Å². The molecule has 1 aliphatic rings. The van der Waals surface area contributed by atoms with Crippen LogP contribution >= 0.6 is 0 Å². The van der Waals surface area contributed by atoms with Crippen LogP contribution in [0.4, 0.5) is 0 Å². The summed E-state index contributed by atoms with van der Waals surface area (Å²) in [7, 11) is 1.74. The van der Waals surface area contributed by atoms with Crippen LogP contribution in [0.2, 0.25) is 0 Å². The summed E-state index contributed by atoms with van der Waals surface area (Å²) in [6.45, 7) is 0.779. The summed E-state index contributed by atoms with van der Waals surface area (Å²) in [4.78, 5) is 0. The van der Waals surface area contributed by atoms with E-state index in [2.05, 4.69) is 12.1 Å². The smallest absolute Gasteiger partial charge is 0.122 e. The van der Waals surface area contributed by atoms with Gasteiger partial charge in [-0.05, 0) is 48.9 Å². The Bertz CT molecular complexity index is 322. The van der Waals surface area contributed by atoms with E-state index in [1.807, 2.05) is 6.07 Å². The lowest BCUT2D eigenvalue weighted by atomic mass is 9.98. The highest BCUT2D eigenvalue weighted by atomic mass is 16.5. The van der Waals surface area contributed by atoms with Gasteiger partial charge >= 0.3 is 0 Å². The van der Waals surface area contributed by atoms with Crippen molar-refractivity contribution in [1.29, 1.82) is 0 Å². The predicted octanol–water partition coefficient (Wildman–Crippen LogP) is 2.07. The van der Waals surface area contributed by atoms with E-state index < -0.39 is 0 Å². The number of hydrogen-bond donors (Lipinski definition) is 1. The third-order valence-corrected chi connectivity index (χ3v) is 3.09. The molecule has 0 saturated heterocycles. The van der Waals surface area contributed by atoms with Crippen molar-refractivity contribution in [3.05, 3.63) is 29.3 Å². The summed E-state index contributed by atoms with van der Waals surface area (Å²) in [6.07, 6.45) is 3.47. The molecule has 0 saturated carbocycles. The Balaban J connectivity index is 2.31. The number of hydrogen-bond acceptors (Lipinski definition) is 2. The van der Waals surface area contributed by atoms with Crippen molar-refractivity contribution in [2.75, 3.05) is 13.7 Å². The van der Waals surface area contributed by atoms with Crippen LogP contribution in [0.5, 0.6) is 5.75 Å². The molecule has 0 amide bonds. The lowest BCUT2D eigenvalue weighted by Crippen LogP contribution is -2.04. The third-order valence-electron chi connectivity index (χ3n) is 3.09. The summed E-state index contributed by atoms with van der Waals surface area (Å²) in [5.41, 5.74) is 8.46. The molecule has 0 aliphatic heterocycles. The SMILES string of the molecule is COc1cccc2c1CCC2CCN. The number of benzene rings is 1. The minimum absolute atomic E-state index is 0.657. The topological polar surface area (TPSA) is 35.2 Å². The number of rotatable bonds is 3. The number of methoxy groups -OCH3 is 1. The zero-order valence-corrected chi connectivity index (χ0v) is 8.62. The minimum atomic E-state index is 0.657. The van der Waals surface area contributed by atoms with E-state index in [1.54, 1.807) is 7.11 Å². The molecule has 1 unspecified atom stereocenters. The van der Waals surface area contributed by atoms with Gasteiger partial charge in [0.05, 0.1) is 7.11 Å². The number of nitrogens with two attached hydrogens (primary N) is 1. The average Bonchev–Trinajstić information content (AvgIpc) is 2.62. The first-order chi connectivity index (χ1) is 6.86. The molecule has 1 atom stereocenters. The predicted molar refractivity (Wildman–Crippen MR) is 57.7 cm³/mol. The van der Waals surface area contributed by atoms with Crippen LogP contribution in [0, 0.1) is 0 Å². The zero-order chi connectivity index (χ0) is 9.97. The summed E-state index contributed by atoms with van der Waals surface area (Å²) in [6, 6.07) is 6.33. The molecule has 1 aliphatic carbocycles. The van der Waals surface area contributed by atoms with Crippen molar-refractivity contribution in [2.45, 2.75) is 25.2 Å². The van der Waals surface area contributed by atoms with Crippen molar-refractivity contribution < 1.29 is 4.74 Å². The van der Waals surface area contributed by atoms with Gasteiger partial charge in [0, 0.05) is 0 Å². The molecule has 0 heterocycles. The first-order valence-electron chi connectivity index (χ1n) is 5.22. The molecule has 0 spiro atoms. The molecule has 14 heavy (non-hydrogen) atoms. The van der Waals surface area contributed by atoms with Gasteiger partial charge < -0.3 is 10.5 Å². The van der Waals surface area contributed by atoms with Crippen LogP contribution in [0.3, 0.4) is 0 Å². The minimum Gasteiger partial charge on any atom is -0.496 e. The molecule has 2 nitrogen and oxygen atoms in total. The molecule has 0 aromatic heterocycles. The Kier molecular flexibility index (Phi) is 2.73. The quantitative estimate of drug-likeness (QED) is 0.793. The second kappa shape index (κ2) is 4.01. The summed E-state index contributed by atoms with van der Waals surface area (Å²) < 4.78 is 5.35. The average molecular weight is 191 g/mol. The Morgan fingerprint density at radius 3 is 3.07 bits per heavy atom. The fourth-order valence-electron chi connectivity index (χ4n) is 2.40. The monoisotopic (exact) mass is 191 g/mol. The van der Waals surface area contributed by atoms with Crippen molar-refractivity contribution in [1.82, 2.24) is 0 Å². The second-order valence-electron chi connectivity index (χ2n) is 3.84. The van der Waals surface area contributed by atoms with Crippen LogP contribution in [0.25, 0.3) is 0 Å². The van der Waals surface area contributed by atoms with E-state index in [9.17, 15) is 0 Å². The number of ether oxygens (including phenoxy) is 1. The van der Waals surface area contributed by atoms with Gasteiger partial charge in [0.25, 0.3) is 0 Å². The van der Waals surface area contributed by atoms with Gasteiger partial charge in [-0.15, -0.1) is 0 Å². The maximum atomic E-state index is 5.60. The molecule has 0 bridgehead atoms. The van der Waals surface area contributed by atoms with Crippen molar-refractivity contribution in [3.63, 3.8) is 0 Å². The third kappa shape index (κ3) is 1.50. The second-order valence-corrected chi connectivity index (χ2v) is 3.84. The fraction of sp³-hybridized carbons (Fsp3) is 0.500. The summed E-state index contributed by atoms with van der Waals surface area (Å²) in [5, 5.41) is 0. The molecular formula is C12H17NO. The molecule has 0 radical (unpaired) electrons. The lowest BCUT2D eigenvalue weighted by Gasteiger charge is -2.11. The molecule has 1 aromatic carbocycles. The van der Waals surface area contributed by atoms with Gasteiger partial charge in [0.2, 0.25) is 0 Å². The highest BCUT2D eigenvalue weighted by molar-refractivity contribution is 5.45. The Morgan fingerprint density at radius 1 is 1.50 bits per heavy atom. The van der Waals surface area contributed by atoms with Gasteiger partial charge in [-0.3, -0.25) is 0 Å². The van der Waals surface area contributed by atoms with Gasteiger partial charge in [-0.1, -0.05) is 12.1 Å². The highest BCUT2D eigenvalue weighted by Gasteiger charge is 2.23.